The van der Waals surface area contributed by atoms with Crippen molar-refractivity contribution in [2.45, 2.75) is 6.61 Å². The third kappa shape index (κ3) is 1.92. The third-order valence-corrected chi connectivity index (χ3v) is 2.46. The summed E-state index contributed by atoms with van der Waals surface area (Å²) in [7, 11) is 3.52. The average Bonchev–Trinajstić information content (AvgIpc) is 2.74. The number of aromatic nitrogens is 2. The van der Waals surface area contributed by atoms with Crippen molar-refractivity contribution in [1.82, 2.24) is 9.55 Å². The van der Waals surface area contributed by atoms with Crippen LogP contribution < -0.4 is 4.74 Å². The van der Waals surface area contributed by atoms with Crippen LogP contribution in [-0.4, -0.2) is 21.8 Å². The van der Waals surface area contributed by atoms with Gasteiger partial charge in [0.05, 0.1) is 25.7 Å². The molecule has 1 heterocycles. The second-order valence-electron chi connectivity index (χ2n) is 3.61. The van der Waals surface area contributed by atoms with Gasteiger partial charge in [-0.15, -0.1) is 0 Å². The van der Waals surface area contributed by atoms with Gasteiger partial charge >= 0.3 is 0 Å². The molecule has 1 N–H and O–H groups in total. The number of nitrogens with zero attached hydrogens (tertiary/aromatic N) is 2. The molecule has 0 unspecified atom stereocenters. The lowest BCUT2D eigenvalue weighted by molar-refractivity contribution is 0.281. The van der Waals surface area contributed by atoms with E-state index in [1.54, 1.807) is 13.4 Å². The topological polar surface area (TPSA) is 47.3 Å². The molecular weight excluding hydrogens is 204 g/mol. The SMILES string of the molecule is COc1ccc(-c2cn(C)cn2)c(CO)c1. The normalized spacial score (nSPS) is 10.4. The van der Waals surface area contributed by atoms with E-state index < -0.39 is 0 Å². The summed E-state index contributed by atoms with van der Waals surface area (Å²) in [5.41, 5.74) is 2.61. The summed E-state index contributed by atoms with van der Waals surface area (Å²) in [5, 5.41) is 9.32. The van der Waals surface area contributed by atoms with Crippen LogP contribution in [0, 0.1) is 0 Å². The summed E-state index contributed by atoms with van der Waals surface area (Å²) in [4.78, 5) is 4.26. The molecule has 2 aromatic rings. The van der Waals surface area contributed by atoms with Crippen molar-refractivity contribution in [3.8, 4) is 17.0 Å². The summed E-state index contributed by atoms with van der Waals surface area (Å²) >= 11 is 0. The minimum absolute atomic E-state index is 0.0247. The maximum atomic E-state index is 9.32. The molecule has 4 heteroatoms. The van der Waals surface area contributed by atoms with Crippen molar-refractivity contribution < 1.29 is 9.84 Å². The lowest BCUT2D eigenvalue weighted by Crippen LogP contribution is -1.92. The minimum Gasteiger partial charge on any atom is -0.497 e. The predicted octanol–water partition coefficient (Wildman–Crippen LogP) is 1.59. The molecule has 16 heavy (non-hydrogen) atoms. The third-order valence-electron chi connectivity index (χ3n) is 2.46. The number of aliphatic hydroxyl groups is 1. The smallest absolute Gasteiger partial charge is 0.119 e. The fourth-order valence-electron chi connectivity index (χ4n) is 1.63. The summed E-state index contributed by atoms with van der Waals surface area (Å²) in [6, 6.07) is 5.60. The molecule has 0 spiro atoms. The molecule has 0 fully saturated rings. The van der Waals surface area contributed by atoms with Crippen LogP contribution in [0.25, 0.3) is 11.3 Å². The maximum absolute atomic E-state index is 9.32. The van der Waals surface area contributed by atoms with Crippen LogP contribution in [0.1, 0.15) is 5.56 Å². The first-order valence-corrected chi connectivity index (χ1v) is 5.00. The van der Waals surface area contributed by atoms with Gasteiger partial charge in [-0.05, 0) is 23.8 Å². The number of imidazole rings is 1. The highest BCUT2D eigenvalue weighted by molar-refractivity contribution is 5.64. The van der Waals surface area contributed by atoms with E-state index in [0.717, 1.165) is 22.6 Å². The monoisotopic (exact) mass is 218 g/mol. The number of ether oxygens (including phenoxy) is 1. The molecule has 0 aliphatic heterocycles. The standard InChI is InChI=1S/C12H14N2O2/c1-14-6-12(13-8-14)11-4-3-10(16-2)5-9(11)7-15/h3-6,8,15H,7H2,1-2H3. The van der Waals surface area contributed by atoms with Gasteiger partial charge < -0.3 is 14.4 Å². The Morgan fingerprint density at radius 1 is 1.44 bits per heavy atom. The molecule has 0 saturated carbocycles. The quantitative estimate of drug-likeness (QED) is 0.851. The van der Waals surface area contributed by atoms with Gasteiger partial charge in [0.1, 0.15) is 5.75 Å². The summed E-state index contributed by atoms with van der Waals surface area (Å²) in [5.74, 6) is 0.740. The molecule has 0 aliphatic rings. The van der Waals surface area contributed by atoms with Gasteiger partial charge in [-0.2, -0.15) is 0 Å². The molecule has 0 saturated heterocycles. The second-order valence-corrected chi connectivity index (χ2v) is 3.61. The number of benzene rings is 1. The lowest BCUT2D eigenvalue weighted by atomic mass is 10.1. The second kappa shape index (κ2) is 4.37. The van der Waals surface area contributed by atoms with Gasteiger partial charge in [0.25, 0.3) is 0 Å². The Hall–Kier alpha value is -1.81. The van der Waals surface area contributed by atoms with Gasteiger partial charge in [0.15, 0.2) is 0 Å². The Bertz CT molecular complexity index is 492. The minimum atomic E-state index is -0.0247. The molecular formula is C12H14N2O2. The number of hydrogen-bond acceptors (Lipinski definition) is 3. The van der Waals surface area contributed by atoms with E-state index >= 15 is 0 Å². The summed E-state index contributed by atoms with van der Waals surface area (Å²) in [6.07, 6.45) is 3.65. The Kier molecular flexibility index (Phi) is 2.92. The first-order valence-electron chi connectivity index (χ1n) is 5.00. The molecule has 1 aromatic carbocycles. The lowest BCUT2D eigenvalue weighted by Gasteiger charge is -2.07. The zero-order valence-electron chi connectivity index (χ0n) is 9.34. The molecule has 0 amide bonds. The van der Waals surface area contributed by atoms with Gasteiger partial charge in [-0.1, -0.05) is 0 Å². The van der Waals surface area contributed by atoms with Gasteiger partial charge in [0.2, 0.25) is 0 Å². The van der Waals surface area contributed by atoms with Crippen LogP contribution in [0.5, 0.6) is 5.75 Å². The summed E-state index contributed by atoms with van der Waals surface area (Å²) < 4.78 is 6.99. The highest BCUT2D eigenvalue weighted by Gasteiger charge is 2.08. The number of methoxy groups -OCH3 is 1. The highest BCUT2D eigenvalue weighted by atomic mass is 16.5. The average molecular weight is 218 g/mol. The maximum Gasteiger partial charge on any atom is 0.119 e. The number of hydrogen-bond donors (Lipinski definition) is 1. The van der Waals surface area contributed by atoms with Crippen molar-refractivity contribution in [1.29, 1.82) is 0 Å². The van der Waals surface area contributed by atoms with E-state index in [2.05, 4.69) is 4.98 Å². The van der Waals surface area contributed by atoms with Crippen LogP contribution in [0.2, 0.25) is 0 Å². The zero-order valence-corrected chi connectivity index (χ0v) is 9.34. The predicted molar refractivity (Wildman–Crippen MR) is 61.1 cm³/mol. The Morgan fingerprint density at radius 2 is 2.25 bits per heavy atom. The Balaban J connectivity index is 2.48. The molecule has 0 atom stereocenters. The van der Waals surface area contributed by atoms with Crippen molar-refractivity contribution >= 4 is 0 Å². The van der Waals surface area contributed by atoms with Crippen LogP contribution in [0.15, 0.2) is 30.7 Å². The van der Waals surface area contributed by atoms with E-state index in [-0.39, 0.29) is 6.61 Å². The van der Waals surface area contributed by atoms with Gasteiger partial charge in [-0.25, -0.2) is 4.98 Å². The first kappa shape index (κ1) is 10.7. The molecule has 0 aliphatic carbocycles. The molecule has 1 aromatic heterocycles. The van der Waals surface area contributed by atoms with Crippen molar-refractivity contribution in [3.05, 3.63) is 36.3 Å². The van der Waals surface area contributed by atoms with Crippen LogP contribution >= 0.6 is 0 Å². The van der Waals surface area contributed by atoms with E-state index in [0.29, 0.717) is 0 Å². The van der Waals surface area contributed by atoms with Gasteiger partial charge in [-0.3, -0.25) is 0 Å². The molecule has 2 rings (SSSR count). The first-order chi connectivity index (χ1) is 7.74. The molecule has 4 nitrogen and oxygen atoms in total. The van der Waals surface area contributed by atoms with Crippen LogP contribution in [0.4, 0.5) is 0 Å². The van der Waals surface area contributed by atoms with Gasteiger partial charge in [0, 0.05) is 18.8 Å². The van der Waals surface area contributed by atoms with Crippen molar-refractivity contribution in [2.75, 3.05) is 7.11 Å². The molecule has 0 bridgehead atoms. The number of rotatable bonds is 3. The van der Waals surface area contributed by atoms with Crippen molar-refractivity contribution in [2.24, 2.45) is 7.05 Å². The van der Waals surface area contributed by atoms with Crippen molar-refractivity contribution in [3.63, 3.8) is 0 Å². The fourth-order valence-corrected chi connectivity index (χ4v) is 1.63. The number of aliphatic hydroxyl groups excluding tert-OH is 1. The highest BCUT2D eigenvalue weighted by Crippen LogP contribution is 2.25. The Labute approximate surface area is 94.1 Å². The summed E-state index contributed by atoms with van der Waals surface area (Å²) in [6.45, 7) is -0.0247. The van der Waals surface area contributed by atoms with E-state index in [1.807, 2.05) is 36.0 Å². The van der Waals surface area contributed by atoms with Crippen LogP contribution in [-0.2, 0) is 13.7 Å². The van der Waals surface area contributed by atoms with E-state index in [4.69, 9.17) is 4.74 Å². The van der Waals surface area contributed by atoms with E-state index in [1.165, 1.54) is 0 Å². The fraction of sp³-hybridized carbons (Fsp3) is 0.250. The largest absolute Gasteiger partial charge is 0.497 e. The zero-order chi connectivity index (χ0) is 11.5. The van der Waals surface area contributed by atoms with Crippen LogP contribution in [0.3, 0.4) is 0 Å². The number of aryl methyl sites for hydroxylation is 1. The molecule has 84 valence electrons. The Morgan fingerprint density at radius 3 is 2.81 bits per heavy atom. The molecule has 0 radical (unpaired) electrons. The van der Waals surface area contributed by atoms with E-state index in [9.17, 15) is 5.11 Å².